The van der Waals surface area contributed by atoms with Crippen LogP contribution in [-0.2, 0) is 22.6 Å². The second-order valence-corrected chi connectivity index (χ2v) is 10.7. The second-order valence-electron chi connectivity index (χ2n) is 9.05. The topological polar surface area (TPSA) is 108 Å². The average molecular weight is 576 g/mol. The molecule has 5 aromatic rings. The van der Waals surface area contributed by atoms with Crippen molar-refractivity contribution in [1.82, 2.24) is 24.6 Å². The number of para-hydroxylation sites is 1. The molecule has 0 aliphatic carbocycles. The summed E-state index contributed by atoms with van der Waals surface area (Å²) in [4.78, 5) is 40.1. The Labute approximate surface area is 239 Å². The molecule has 40 heavy (non-hydrogen) atoms. The van der Waals surface area contributed by atoms with E-state index in [4.69, 9.17) is 16.3 Å². The molecule has 0 aliphatic heterocycles. The third-order valence-electron chi connectivity index (χ3n) is 6.34. The maximum Gasteiger partial charge on any atom is 0.325 e. The summed E-state index contributed by atoms with van der Waals surface area (Å²) in [6.07, 6.45) is 0. The Kier molecular flexibility index (Phi) is 7.81. The molecule has 5 rings (SSSR count). The van der Waals surface area contributed by atoms with Crippen molar-refractivity contribution in [1.29, 1.82) is 0 Å². The number of rotatable bonds is 9. The molecule has 2 aromatic carbocycles. The molecule has 9 nitrogen and oxygen atoms in total. The van der Waals surface area contributed by atoms with Gasteiger partial charge in [0.2, 0.25) is 0 Å². The van der Waals surface area contributed by atoms with Gasteiger partial charge in [0.25, 0.3) is 5.91 Å². The zero-order valence-corrected chi connectivity index (χ0v) is 23.7. The van der Waals surface area contributed by atoms with E-state index >= 15 is 0 Å². The first kappa shape index (κ1) is 27.3. The van der Waals surface area contributed by atoms with Crippen molar-refractivity contribution in [2.75, 3.05) is 6.61 Å². The summed E-state index contributed by atoms with van der Waals surface area (Å²) >= 11 is 7.75. The molecule has 0 spiro atoms. The number of aromatic nitrogens is 4. The fourth-order valence-electron chi connectivity index (χ4n) is 4.56. The number of carbonyl (C=O) groups is 3. The van der Waals surface area contributed by atoms with Crippen LogP contribution in [0, 0.1) is 13.8 Å². The molecule has 0 atom stereocenters. The Hall–Kier alpha value is -4.28. The molecular formula is C29H26ClN5O4S. The van der Waals surface area contributed by atoms with Crippen LogP contribution in [0.2, 0.25) is 5.02 Å². The van der Waals surface area contributed by atoms with Gasteiger partial charge in [-0.2, -0.15) is 0 Å². The van der Waals surface area contributed by atoms with Crippen molar-refractivity contribution in [3.63, 3.8) is 0 Å². The number of benzene rings is 2. The number of fused-ring (bicyclic) bond motifs is 1. The normalized spacial score (nSPS) is 11.1. The Morgan fingerprint density at radius 1 is 1.00 bits per heavy atom. The monoisotopic (exact) mass is 575 g/mol. The van der Waals surface area contributed by atoms with Crippen molar-refractivity contribution in [3.8, 4) is 5.00 Å². The lowest BCUT2D eigenvalue weighted by Gasteiger charge is -2.12. The van der Waals surface area contributed by atoms with Crippen LogP contribution in [-0.4, -0.2) is 43.6 Å². The van der Waals surface area contributed by atoms with Crippen LogP contribution in [0.5, 0.6) is 0 Å². The number of halogens is 1. The zero-order valence-electron chi connectivity index (χ0n) is 22.1. The first-order valence-electron chi connectivity index (χ1n) is 12.6. The van der Waals surface area contributed by atoms with E-state index < -0.39 is 5.97 Å². The van der Waals surface area contributed by atoms with Gasteiger partial charge in [-0.25, -0.2) is 0 Å². The molecule has 3 heterocycles. The third kappa shape index (κ3) is 5.28. The summed E-state index contributed by atoms with van der Waals surface area (Å²) in [6.45, 7) is 5.63. The molecule has 0 unspecified atom stereocenters. The predicted molar refractivity (Wildman–Crippen MR) is 153 cm³/mol. The van der Waals surface area contributed by atoms with Gasteiger partial charge in [0.05, 0.1) is 23.7 Å². The van der Waals surface area contributed by atoms with Crippen LogP contribution in [0.1, 0.15) is 49.9 Å². The van der Waals surface area contributed by atoms with Crippen LogP contribution in [0.25, 0.3) is 15.9 Å². The number of ketones is 1. The van der Waals surface area contributed by atoms with Gasteiger partial charge in [0.15, 0.2) is 11.6 Å². The zero-order chi connectivity index (χ0) is 28.4. The van der Waals surface area contributed by atoms with Crippen LogP contribution in [0.3, 0.4) is 0 Å². The summed E-state index contributed by atoms with van der Waals surface area (Å²) in [7, 11) is 0. The van der Waals surface area contributed by atoms with E-state index in [1.165, 1.54) is 11.3 Å². The second kappa shape index (κ2) is 11.4. The van der Waals surface area contributed by atoms with E-state index in [2.05, 4.69) is 15.5 Å². The highest BCUT2D eigenvalue weighted by molar-refractivity contribution is 7.15. The van der Waals surface area contributed by atoms with E-state index in [9.17, 15) is 14.4 Å². The number of esters is 1. The highest BCUT2D eigenvalue weighted by Crippen LogP contribution is 2.31. The molecule has 11 heteroatoms. The Bertz CT molecular complexity index is 1750. The Morgan fingerprint density at radius 3 is 2.52 bits per heavy atom. The van der Waals surface area contributed by atoms with Crippen LogP contribution in [0.15, 0.2) is 60.7 Å². The molecule has 0 saturated heterocycles. The lowest BCUT2D eigenvalue weighted by Crippen LogP contribution is -2.28. The Balaban J connectivity index is 1.45. The van der Waals surface area contributed by atoms with Gasteiger partial charge in [0, 0.05) is 21.3 Å². The van der Waals surface area contributed by atoms with Gasteiger partial charge in [0.1, 0.15) is 23.1 Å². The number of nitrogens with one attached hydrogen (secondary N) is 1. The van der Waals surface area contributed by atoms with E-state index in [0.29, 0.717) is 38.5 Å². The largest absolute Gasteiger partial charge is 0.465 e. The highest BCUT2D eigenvalue weighted by Gasteiger charge is 2.24. The van der Waals surface area contributed by atoms with Gasteiger partial charge in [-0.1, -0.05) is 41.9 Å². The summed E-state index contributed by atoms with van der Waals surface area (Å²) in [5.41, 5.74) is 1.94. The smallest absolute Gasteiger partial charge is 0.325 e. The van der Waals surface area contributed by atoms with Crippen molar-refractivity contribution in [2.45, 2.75) is 33.9 Å². The van der Waals surface area contributed by atoms with Crippen LogP contribution in [0.4, 0.5) is 0 Å². The number of thiophene rings is 1. The molecule has 3 aromatic heterocycles. The molecule has 0 fully saturated rings. The fourth-order valence-corrected chi connectivity index (χ4v) is 5.85. The van der Waals surface area contributed by atoms with Gasteiger partial charge in [-0.05, 0) is 51.1 Å². The minimum atomic E-state index is -0.433. The van der Waals surface area contributed by atoms with Gasteiger partial charge < -0.3 is 14.6 Å². The highest BCUT2D eigenvalue weighted by atomic mass is 35.5. The molecule has 0 saturated carbocycles. The summed E-state index contributed by atoms with van der Waals surface area (Å²) in [6, 6.07) is 17.9. The molecule has 0 aliphatic rings. The number of amides is 1. The molecule has 1 N–H and O–H groups in total. The minimum Gasteiger partial charge on any atom is -0.465 e. The van der Waals surface area contributed by atoms with Crippen molar-refractivity contribution in [2.24, 2.45) is 0 Å². The SMILES string of the molecule is CCOC(=O)Cn1c(C(=O)NCc2nnc(C)n2-c2sc(C)cc2C(=O)c2ccccc2Cl)cc2ccccc21. The molecule has 0 bridgehead atoms. The third-order valence-corrected chi connectivity index (χ3v) is 7.70. The van der Waals surface area contributed by atoms with Crippen LogP contribution >= 0.6 is 22.9 Å². The van der Waals surface area contributed by atoms with Crippen molar-refractivity contribution >= 4 is 51.5 Å². The summed E-state index contributed by atoms with van der Waals surface area (Å²) in [5, 5.41) is 13.2. The van der Waals surface area contributed by atoms with Gasteiger partial charge >= 0.3 is 5.97 Å². The van der Waals surface area contributed by atoms with Crippen molar-refractivity contribution in [3.05, 3.63) is 99.0 Å². The molecule has 0 radical (unpaired) electrons. The van der Waals surface area contributed by atoms with E-state index in [-0.39, 0.29) is 31.4 Å². The quantitative estimate of drug-likeness (QED) is 0.189. The number of hydrogen-bond donors (Lipinski definition) is 1. The summed E-state index contributed by atoms with van der Waals surface area (Å²) in [5.74, 6) is -0.0132. The first-order valence-corrected chi connectivity index (χ1v) is 13.8. The van der Waals surface area contributed by atoms with Gasteiger partial charge in [-0.3, -0.25) is 19.0 Å². The molecular weight excluding hydrogens is 550 g/mol. The number of ether oxygens (including phenoxy) is 1. The number of hydrogen-bond acceptors (Lipinski definition) is 7. The number of nitrogens with zero attached hydrogens (tertiary/aromatic N) is 4. The fraction of sp³-hybridized carbons (Fsp3) is 0.207. The molecule has 204 valence electrons. The van der Waals surface area contributed by atoms with Gasteiger partial charge in [-0.15, -0.1) is 21.5 Å². The van der Waals surface area contributed by atoms with E-state index in [1.807, 2.05) is 37.3 Å². The molecule has 1 amide bonds. The van der Waals surface area contributed by atoms with E-state index in [0.717, 1.165) is 15.8 Å². The standard InChI is InChI=1S/C29H26ClN5O4S/c1-4-39-26(36)16-34-23-12-8-5-9-19(23)14-24(34)28(38)31-15-25-33-32-18(3)35(25)29-21(13-17(2)40-29)27(37)20-10-6-7-11-22(20)30/h5-14H,4,15-16H2,1-3H3,(H,31,38). The van der Waals surface area contributed by atoms with E-state index in [1.54, 1.807) is 53.3 Å². The number of aryl methyl sites for hydroxylation is 2. The minimum absolute atomic E-state index is 0.0390. The number of carbonyl (C=O) groups excluding carboxylic acids is 3. The van der Waals surface area contributed by atoms with Crippen molar-refractivity contribution < 1.29 is 19.1 Å². The predicted octanol–water partition coefficient (Wildman–Crippen LogP) is 5.28. The Morgan fingerprint density at radius 2 is 1.75 bits per heavy atom. The lowest BCUT2D eigenvalue weighted by molar-refractivity contribution is -0.143. The maximum atomic E-state index is 13.5. The first-order chi connectivity index (χ1) is 19.3. The lowest BCUT2D eigenvalue weighted by atomic mass is 10.0. The average Bonchev–Trinajstić information content (AvgIpc) is 3.62. The van der Waals surface area contributed by atoms with Crippen LogP contribution < -0.4 is 5.32 Å². The summed E-state index contributed by atoms with van der Waals surface area (Å²) < 4.78 is 8.53. The maximum absolute atomic E-state index is 13.5.